The predicted octanol–water partition coefficient (Wildman–Crippen LogP) is 0.306. The van der Waals surface area contributed by atoms with Crippen LogP contribution >= 0.6 is 0 Å². The van der Waals surface area contributed by atoms with Crippen LogP contribution < -0.4 is 5.32 Å². The molecule has 2 rings (SSSR count). The SMILES string of the molecule is COC(CNC(=O)C(=O)N1CCc2ccccc2C1)OC. The Labute approximate surface area is 124 Å². The molecule has 0 fully saturated rings. The molecule has 0 spiro atoms. The first-order chi connectivity index (χ1) is 10.2. The summed E-state index contributed by atoms with van der Waals surface area (Å²) in [5, 5.41) is 2.53. The van der Waals surface area contributed by atoms with E-state index in [0.29, 0.717) is 13.1 Å². The third kappa shape index (κ3) is 3.80. The molecule has 1 heterocycles. The van der Waals surface area contributed by atoms with Crippen molar-refractivity contribution in [2.75, 3.05) is 27.3 Å². The summed E-state index contributed by atoms with van der Waals surface area (Å²) in [5.41, 5.74) is 2.33. The van der Waals surface area contributed by atoms with E-state index in [9.17, 15) is 9.59 Å². The number of carbonyl (C=O) groups is 2. The van der Waals surface area contributed by atoms with E-state index in [1.54, 1.807) is 4.90 Å². The molecular formula is C15H20N2O4. The molecule has 1 aliphatic heterocycles. The van der Waals surface area contributed by atoms with E-state index >= 15 is 0 Å². The van der Waals surface area contributed by atoms with Crippen molar-refractivity contribution in [2.45, 2.75) is 19.3 Å². The van der Waals surface area contributed by atoms with Gasteiger partial charge in [-0.05, 0) is 17.5 Å². The summed E-state index contributed by atoms with van der Waals surface area (Å²) >= 11 is 0. The lowest BCUT2D eigenvalue weighted by Gasteiger charge is -2.28. The Balaban J connectivity index is 1.91. The van der Waals surface area contributed by atoms with Crippen LogP contribution in [0.4, 0.5) is 0 Å². The first-order valence-corrected chi connectivity index (χ1v) is 6.85. The van der Waals surface area contributed by atoms with Crippen LogP contribution in [0.3, 0.4) is 0 Å². The Morgan fingerprint density at radius 2 is 1.90 bits per heavy atom. The maximum Gasteiger partial charge on any atom is 0.312 e. The monoisotopic (exact) mass is 292 g/mol. The quantitative estimate of drug-likeness (QED) is 0.640. The number of ether oxygens (including phenoxy) is 2. The number of hydrogen-bond acceptors (Lipinski definition) is 4. The Bertz CT molecular complexity index is 514. The van der Waals surface area contributed by atoms with Gasteiger partial charge in [-0.2, -0.15) is 0 Å². The molecule has 0 aliphatic carbocycles. The Morgan fingerprint density at radius 1 is 1.24 bits per heavy atom. The number of nitrogens with zero attached hydrogens (tertiary/aromatic N) is 1. The Morgan fingerprint density at radius 3 is 2.57 bits per heavy atom. The van der Waals surface area contributed by atoms with Gasteiger partial charge in [0.25, 0.3) is 0 Å². The first-order valence-electron chi connectivity index (χ1n) is 6.85. The maximum atomic E-state index is 12.1. The summed E-state index contributed by atoms with van der Waals surface area (Å²) < 4.78 is 9.92. The van der Waals surface area contributed by atoms with Gasteiger partial charge >= 0.3 is 11.8 Å². The minimum atomic E-state index is -0.631. The largest absolute Gasteiger partial charge is 0.354 e. The van der Waals surface area contributed by atoms with Crippen molar-refractivity contribution in [3.05, 3.63) is 35.4 Å². The van der Waals surface area contributed by atoms with Gasteiger partial charge in [0.15, 0.2) is 6.29 Å². The third-order valence-corrected chi connectivity index (χ3v) is 3.57. The molecule has 0 unspecified atom stereocenters. The molecule has 0 saturated heterocycles. The van der Waals surface area contributed by atoms with E-state index in [1.165, 1.54) is 19.8 Å². The van der Waals surface area contributed by atoms with Crippen LogP contribution in [-0.4, -0.2) is 50.3 Å². The molecule has 0 bridgehead atoms. The summed E-state index contributed by atoms with van der Waals surface area (Å²) in [6.45, 7) is 1.17. The normalized spacial score (nSPS) is 14.0. The lowest BCUT2D eigenvalue weighted by atomic mass is 10.00. The van der Waals surface area contributed by atoms with Gasteiger partial charge in [-0.1, -0.05) is 24.3 Å². The molecule has 1 aromatic rings. The second-order valence-corrected chi connectivity index (χ2v) is 4.86. The molecule has 2 amide bonds. The zero-order valence-electron chi connectivity index (χ0n) is 12.3. The zero-order chi connectivity index (χ0) is 15.2. The molecule has 0 atom stereocenters. The second-order valence-electron chi connectivity index (χ2n) is 4.86. The molecule has 0 aromatic heterocycles. The van der Waals surface area contributed by atoms with E-state index in [0.717, 1.165) is 12.0 Å². The summed E-state index contributed by atoms with van der Waals surface area (Å²) in [6, 6.07) is 7.96. The van der Waals surface area contributed by atoms with Crippen molar-refractivity contribution >= 4 is 11.8 Å². The number of nitrogens with one attached hydrogen (secondary N) is 1. The summed E-state index contributed by atoms with van der Waals surface area (Å²) in [6.07, 6.45) is 0.220. The lowest BCUT2D eigenvalue weighted by Crippen LogP contribution is -2.47. The Kier molecular flexibility index (Phi) is 5.30. The molecule has 21 heavy (non-hydrogen) atoms. The standard InChI is InChI=1S/C15H20N2O4/c1-20-13(21-2)9-16-14(18)15(19)17-8-7-11-5-3-4-6-12(11)10-17/h3-6,13H,7-10H2,1-2H3,(H,16,18). The lowest BCUT2D eigenvalue weighted by molar-refractivity contribution is -0.148. The topological polar surface area (TPSA) is 67.9 Å². The van der Waals surface area contributed by atoms with Crippen molar-refractivity contribution in [1.29, 1.82) is 0 Å². The van der Waals surface area contributed by atoms with Crippen LogP contribution in [-0.2, 0) is 32.0 Å². The molecule has 0 saturated carbocycles. The average molecular weight is 292 g/mol. The van der Waals surface area contributed by atoms with E-state index in [-0.39, 0.29) is 6.54 Å². The summed E-state index contributed by atoms with van der Waals surface area (Å²) in [4.78, 5) is 25.6. The summed E-state index contributed by atoms with van der Waals surface area (Å²) in [7, 11) is 2.95. The van der Waals surface area contributed by atoms with Crippen LogP contribution in [0.25, 0.3) is 0 Å². The highest BCUT2D eigenvalue weighted by atomic mass is 16.7. The van der Waals surface area contributed by atoms with E-state index in [2.05, 4.69) is 11.4 Å². The molecule has 0 radical (unpaired) electrons. The molecule has 114 valence electrons. The number of methoxy groups -OCH3 is 2. The number of fused-ring (bicyclic) bond motifs is 1. The number of benzene rings is 1. The fraction of sp³-hybridized carbons (Fsp3) is 0.467. The minimum absolute atomic E-state index is 0.141. The number of amides is 2. The van der Waals surface area contributed by atoms with Crippen LogP contribution in [0.1, 0.15) is 11.1 Å². The maximum absolute atomic E-state index is 12.1. The van der Waals surface area contributed by atoms with Crippen molar-refractivity contribution < 1.29 is 19.1 Å². The smallest absolute Gasteiger partial charge is 0.312 e. The highest BCUT2D eigenvalue weighted by Crippen LogP contribution is 2.18. The first kappa shape index (κ1) is 15.5. The Hall–Kier alpha value is -1.92. The third-order valence-electron chi connectivity index (χ3n) is 3.57. The van der Waals surface area contributed by atoms with E-state index in [1.807, 2.05) is 18.2 Å². The number of hydrogen-bond donors (Lipinski definition) is 1. The highest BCUT2D eigenvalue weighted by molar-refractivity contribution is 6.35. The van der Waals surface area contributed by atoms with Crippen LogP contribution in [0.2, 0.25) is 0 Å². The van der Waals surface area contributed by atoms with Gasteiger partial charge in [0.2, 0.25) is 0 Å². The van der Waals surface area contributed by atoms with Crippen molar-refractivity contribution in [1.82, 2.24) is 10.2 Å². The number of carbonyl (C=O) groups excluding carboxylic acids is 2. The van der Waals surface area contributed by atoms with Crippen molar-refractivity contribution in [3.63, 3.8) is 0 Å². The fourth-order valence-corrected chi connectivity index (χ4v) is 2.33. The highest BCUT2D eigenvalue weighted by Gasteiger charge is 2.25. The molecule has 1 aromatic carbocycles. The summed E-state index contributed by atoms with van der Waals surface area (Å²) in [5.74, 6) is -1.15. The van der Waals surface area contributed by atoms with Gasteiger partial charge in [0, 0.05) is 27.3 Å². The van der Waals surface area contributed by atoms with Gasteiger partial charge in [0.1, 0.15) is 0 Å². The average Bonchev–Trinajstić information content (AvgIpc) is 2.54. The molecule has 1 aliphatic rings. The van der Waals surface area contributed by atoms with Crippen LogP contribution in [0.5, 0.6) is 0 Å². The van der Waals surface area contributed by atoms with Gasteiger partial charge in [-0.3, -0.25) is 9.59 Å². The van der Waals surface area contributed by atoms with Gasteiger partial charge in [0.05, 0.1) is 6.54 Å². The zero-order valence-corrected chi connectivity index (χ0v) is 12.3. The van der Waals surface area contributed by atoms with Gasteiger partial charge in [-0.25, -0.2) is 0 Å². The van der Waals surface area contributed by atoms with E-state index in [4.69, 9.17) is 9.47 Å². The minimum Gasteiger partial charge on any atom is -0.354 e. The van der Waals surface area contributed by atoms with Crippen LogP contribution in [0.15, 0.2) is 24.3 Å². The second kappa shape index (κ2) is 7.19. The predicted molar refractivity (Wildman–Crippen MR) is 76.4 cm³/mol. The molecule has 6 heteroatoms. The van der Waals surface area contributed by atoms with E-state index < -0.39 is 18.1 Å². The fourth-order valence-electron chi connectivity index (χ4n) is 2.33. The van der Waals surface area contributed by atoms with Gasteiger partial charge in [-0.15, -0.1) is 0 Å². The molecule has 6 nitrogen and oxygen atoms in total. The van der Waals surface area contributed by atoms with Crippen LogP contribution in [0, 0.1) is 0 Å². The van der Waals surface area contributed by atoms with Crippen molar-refractivity contribution in [2.24, 2.45) is 0 Å². The molecular weight excluding hydrogens is 272 g/mol. The number of rotatable bonds is 4. The van der Waals surface area contributed by atoms with Gasteiger partial charge < -0.3 is 19.7 Å². The molecule has 1 N–H and O–H groups in total. The van der Waals surface area contributed by atoms with Crippen molar-refractivity contribution in [3.8, 4) is 0 Å².